The van der Waals surface area contributed by atoms with E-state index in [1.54, 1.807) is 13.0 Å². The van der Waals surface area contributed by atoms with E-state index in [9.17, 15) is 4.79 Å². The molecule has 0 aromatic carbocycles. The molecule has 5 heteroatoms. The molecule has 1 heterocycles. The van der Waals surface area contributed by atoms with Crippen molar-refractivity contribution in [3.05, 3.63) is 17.8 Å². The summed E-state index contributed by atoms with van der Waals surface area (Å²) in [4.78, 5) is 18.0. The van der Waals surface area contributed by atoms with Gasteiger partial charge < -0.3 is 15.4 Å². The Morgan fingerprint density at radius 1 is 1.61 bits per heavy atom. The van der Waals surface area contributed by atoms with Crippen molar-refractivity contribution < 1.29 is 9.53 Å². The molecule has 0 radical (unpaired) electrons. The van der Waals surface area contributed by atoms with Crippen LogP contribution in [-0.2, 0) is 4.74 Å². The van der Waals surface area contributed by atoms with Crippen molar-refractivity contribution in [3.8, 4) is 0 Å². The van der Waals surface area contributed by atoms with Crippen LogP contribution in [0.2, 0.25) is 0 Å². The first kappa shape index (κ1) is 12.7. The van der Waals surface area contributed by atoms with E-state index < -0.39 is 5.97 Å². The van der Waals surface area contributed by atoms with Gasteiger partial charge in [-0.05, 0) is 31.7 Å². The highest BCUT2D eigenvalue weighted by Crippen LogP contribution is 2.30. The van der Waals surface area contributed by atoms with Gasteiger partial charge in [-0.15, -0.1) is 0 Å². The van der Waals surface area contributed by atoms with E-state index in [1.165, 1.54) is 19.0 Å². The normalized spacial score (nSPS) is 14.3. The second kappa shape index (κ2) is 5.25. The number of pyridine rings is 1. The van der Waals surface area contributed by atoms with Crippen molar-refractivity contribution in [3.63, 3.8) is 0 Å². The summed E-state index contributed by atoms with van der Waals surface area (Å²) in [6, 6.07) is 1.70. The van der Waals surface area contributed by atoms with Gasteiger partial charge in [0.25, 0.3) is 0 Å². The van der Waals surface area contributed by atoms with Crippen molar-refractivity contribution in [2.45, 2.75) is 19.8 Å². The highest BCUT2D eigenvalue weighted by atomic mass is 16.5. The number of ether oxygens (including phenoxy) is 1. The Morgan fingerprint density at radius 3 is 2.94 bits per heavy atom. The average Bonchev–Trinajstić information content (AvgIpc) is 3.13. The van der Waals surface area contributed by atoms with Gasteiger partial charge in [0, 0.05) is 13.6 Å². The summed E-state index contributed by atoms with van der Waals surface area (Å²) in [7, 11) is 1.98. The van der Waals surface area contributed by atoms with Crippen LogP contribution in [0.25, 0.3) is 0 Å². The summed E-state index contributed by atoms with van der Waals surface area (Å²) in [6.45, 7) is 3.09. The lowest BCUT2D eigenvalue weighted by Gasteiger charge is -2.18. The Balaban J connectivity index is 2.16. The minimum Gasteiger partial charge on any atom is -0.462 e. The minimum absolute atomic E-state index is 0.341. The Hall–Kier alpha value is -1.78. The van der Waals surface area contributed by atoms with Crippen LogP contribution < -0.4 is 10.6 Å². The molecule has 1 saturated carbocycles. The second-order valence-electron chi connectivity index (χ2n) is 4.67. The van der Waals surface area contributed by atoms with Crippen LogP contribution in [0.3, 0.4) is 0 Å². The number of esters is 1. The molecule has 0 bridgehead atoms. The molecule has 0 unspecified atom stereocenters. The number of carbonyl (C=O) groups excluding carboxylic acids is 1. The molecule has 18 heavy (non-hydrogen) atoms. The number of nitrogens with zero attached hydrogens (tertiary/aromatic N) is 2. The molecular formula is C13H19N3O2. The van der Waals surface area contributed by atoms with Gasteiger partial charge in [0.1, 0.15) is 5.82 Å². The van der Waals surface area contributed by atoms with Crippen molar-refractivity contribution in [1.29, 1.82) is 0 Å². The maximum absolute atomic E-state index is 11.7. The fourth-order valence-corrected chi connectivity index (χ4v) is 1.83. The molecule has 0 amide bonds. The maximum atomic E-state index is 11.7. The summed E-state index contributed by atoms with van der Waals surface area (Å²) >= 11 is 0. The minimum atomic E-state index is -0.390. The highest BCUT2D eigenvalue weighted by Gasteiger charge is 2.24. The Labute approximate surface area is 107 Å². The number of hydrogen-bond donors (Lipinski definition) is 1. The molecule has 5 nitrogen and oxygen atoms in total. The molecule has 2 rings (SSSR count). The van der Waals surface area contributed by atoms with E-state index in [0.29, 0.717) is 17.9 Å². The number of aromatic nitrogens is 1. The van der Waals surface area contributed by atoms with Crippen molar-refractivity contribution in [1.82, 2.24) is 4.98 Å². The first-order valence-electron chi connectivity index (χ1n) is 6.25. The zero-order valence-corrected chi connectivity index (χ0v) is 10.8. The molecule has 0 atom stereocenters. The molecule has 0 saturated heterocycles. The highest BCUT2D eigenvalue weighted by molar-refractivity contribution is 5.95. The quantitative estimate of drug-likeness (QED) is 0.804. The Kier molecular flexibility index (Phi) is 3.69. The van der Waals surface area contributed by atoms with Crippen LogP contribution in [0, 0.1) is 5.92 Å². The van der Waals surface area contributed by atoms with Crippen molar-refractivity contribution >= 4 is 17.5 Å². The van der Waals surface area contributed by atoms with Gasteiger partial charge in [0.15, 0.2) is 0 Å². The predicted molar refractivity (Wildman–Crippen MR) is 70.6 cm³/mol. The molecule has 1 fully saturated rings. The van der Waals surface area contributed by atoms with Gasteiger partial charge in [0.2, 0.25) is 0 Å². The van der Waals surface area contributed by atoms with Crippen LogP contribution in [-0.4, -0.2) is 31.2 Å². The fraction of sp³-hybridized carbons (Fsp3) is 0.538. The largest absolute Gasteiger partial charge is 0.462 e. The third-order valence-electron chi connectivity index (χ3n) is 3.04. The van der Waals surface area contributed by atoms with Crippen LogP contribution >= 0.6 is 0 Å². The molecule has 98 valence electrons. The molecule has 2 N–H and O–H groups in total. The van der Waals surface area contributed by atoms with E-state index in [4.69, 9.17) is 10.5 Å². The van der Waals surface area contributed by atoms with Crippen LogP contribution in [0.5, 0.6) is 0 Å². The summed E-state index contributed by atoms with van der Waals surface area (Å²) in [5, 5.41) is 0. The number of nitrogen functional groups attached to an aromatic ring is 1. The second-order valence-corrected chi connectivity index (χ2v) is 4.67. The van der Waals surface area contributed by atoms with Gasteiger partial charge in [-0.25, -0.2) is 9.78 Å². The zero-order chi connectivity index (χ0) is 13.1. The van der Waals surface area contributed by atoms with E-state index in [1.807, 2.05) is 7.05 Å². The molecule has 1 aliphatic carbocycles. The average molecular weight is 249 g/mol. The SMILES string of the molecule is CCOC(=O)c1cc(N(C)CC2CC2)ncc1N. The van der Waals surface area contributed by atoms with E-state index in [2.05, 4.69) is 9.88 Å². The third-order valence-corrected chi connectivity index (χ3v) is 3.04. The maximum Gasteiger partial charge on any atom is 0.340 e. The Bertz CT molecular complexity index is 444. The first-order chi connectivity index (χ1) is 8.61. The zero-order valence-electron chi connectivity index (χ0n) is 10.8. The molecule has 1 aliphatic rings. The predicted octanol–water partition coefficient (Wildman–Crippen LogP) is 1.69. The van der Waals surface area contributed by atoms with E-state index in [-0.39, 0.29) is 0 Å². The smallest absolute Gasteiger partial charge is 0.340 e. The number of rotatable bonds is 5. The van der Waals surface area contributed by atoms with Gasteiger partial charge in [-0.1, -0.05) is 0 Å². The summed E-state index contributed by atoms with van der Waals surface area (Å²) in [5.74, 6) is 1.14. The molecule has 0 spiro atoms. The van der Waals surface area contributed by atoms with Crippen molar-refractivity contribution in [2.75, 3.05) is 30.8 Å². The summed E-state index contributed by atoms with van der Waals surface area (Å²) in [5.41, 5.74) is 6.50. The third kappa shape index (κ3) is 2.91. The number of anilines is 2. The lowest BCUT2D eigenvalue weighted by atomic mass is 10.2. The monoisotopic (exact) mass is 249 g/mol. The lowest BCUT2D eigenvalue weighted by Crippen LogP contribution is -2.22. The van der Waals surface area contributed by atoms with Gasteiger partial charge in [0.05, 0.1) is 24.1 Å². The van der Waals surface area contributed by atoms with Gasteiger partial charge >= 0.3 is 5.97 Å². The van der Waals surface area contributed by atoms with Crippen LogP contribution in [0.1, 0.15) is 30.1 Å². The van der Waals surface area contributed by atoms with Crippen LogP contribution in [0.4, 0.5) is 11.5 Å². The number of carbonyl (C=O) groups is 1. The fourth-order valence-electron chi connectivity index (χ4n) is 1.83. The molecule has 1 aromatic rings. The summed E-state index contributed by atoms with van der Waals surface area (Å²) < 4.78 is 4.97. The van der Waals surface area contributed by atoms with E-state index in [0.717, 1.165) is 18.3 Å². The summed E-state index contributed by atoms with van der Waals surface area (Å²) in [6.07, 6.45) is 4.08. The van der Waals surface area contributed by atoms with Crippen molar-refractivity contribution in [2.24, 2.45) is 5.92 Å². The first-order valence-corrected chi connectivity index (χ1v) is 6.25. The lowest BCUT2D eigenvalue weighted by molar-refractivity contribution is 0.0527. The topological polar surface area (TPSA) is 68.5 Å². The molecular weight excluding hydrogens is 230 g/mol. The molecule has 0 aliphatic heterocycles. The van der Waals surface area contributed by atoms with Gasteiger partial charge in [-0.2, -0.15) is 0 Å². The van der Waals surface area contributed by atoms with E-state index >= 15 is 0 Å². The number of hydrogen-bond acceptors (Lipinski definition) is 5. The van der Waals surface area contributed by atoms with Crippen LogP contribution in [0.15, 0.2) is 12.3 Å². The molecule has 1 aromatic heterocycles. The van der Waals surface area contributed by atoms with Gasteiger partial charge in [-0.3, -0.25) is 0 Å². The number of nitrogens with two attached hydrogens (primary N) is 1. The standard InChI is InChI=1S/C13H19N3O2/c1-3-18-13(17)10-6-12(15-7-11(10)14)16(2)8-9-4-5-9/h6-7,9H,3-5,8,14H2,1-2H3. The Morgan fingerprint density at radius 2 is 2.33 bits per heavy atom.